The molecule has 0 saturated carbocycles. The van der Waals surface area contributed by atoms with Crippen LogP contribution in [-0.4, -0.2) is 31.8 Å². The van der Waals surface area contributed by atoms with Gasteiger partial charge in [-0.05, 0) is 48.7 Å². The van der Waals surface area contributed by atoms with Crippen molar-refractivity contribution >= 4 is 16.0 Å². The van der Waals surface area contributed by atoms with Crippen molar-refractivity contribution in [1.29, 1.82) is 0 Å². The van der Waals surface area contributed by atoms with Crippen LogP contribution in [0.25, 0.3) is 0 Å². The SMILES string of the molecule is O=C(OCc1ccc(F)cc1)c1cccc(S(=O)(=O)N2CCCC2)c1. The van der Waals surface area contributed by atoms with E-state index in [4.69, 9.17) is 4.74 Å². The monoisotopic (exact) mass is 363 g/mol. The minimum absolute atomic E-state index is 0.0117. The lowest BCUT2D eigenvalue weighted by molar-refractivity contribution is 0.0472. The van der Waals surface area contributed by atoms with Gasteiger partial charge < -0.3 is 4.74 Å². The highest BCUT2D eigenvalue weighted by Gasteiger charge is 2.27. The third kappa shape index (κ3) is 4.05. The minimum Gasteiger partial charge on any atom is -0.457 e. The molecule has 0 spiro atoms. The first-order valence-corrected chi connectivity index (χ1v) is 9.42. The molecule has 1 saturated heterocycles. The van der Waals surface area contributed by atoms with Crippen LogP contribution in [0, 0.1) is 5.82 Å². The van der Waals surface area contributed by atoms with Crippen molar-refractivity contribution in [2.45, 2.75) is 24.3 Å². The molecule has 132 valence electrons. The molecule has 0 unspecified atom stereocenters. The van der Waals surface area contributed by atoms with Gasteiger partial charge in [-0.15, -0.1) is 0 Å². The standard InChI is InChI=1S/C18H18FNO4S/c19-16-8-6-14(7-9-16)13-24-18(21)15-4-3-5-17(12-15)25(22,23)20-10-1-2-11-20/h3-9,12H,1-2,10-11,13H2. The van der Waals surface area contributed by atoms with E-state index >= 15 is 0 Å². The number of carbonyl (C=O) groups excluding carboxylic acids is 1. The maximum Gasteiger partial charge on any atom is 0.338 e. The van der Waals surface area contributed by atoms with Gasteiger partial charge in [0.25, 0.3) is 0 Å². The van der Waals surface area contributed by atoms with Crippen molar-refractivity contribution < 1.29 is 22.3 Å². The smallest absolute Gasteiger partial charge is 0.338 e. The normalized spacial score (nSPS) is 15.2. The van der Waals surface area contributed by atoms with E-state index in [-0.39, 0.29) is 22.9 Å². The molecule has 25 heavy (non-hydrogen) atoms. The van der Waals surface area contributed by atoms with E-state index in [0.29, 0.717) is 18.7 Å². The summed E-state index contributed by atoms with van der Waals surface area (Å²) in [5.41, 5.74) is 0.818. The Kier molecular flexibility index (Phi) is 5.15. The highest BCUT2D eigenvalue weighted by atomic mass is 32.2. The van der Waals surface area contributed by atoms with Crippen LogP contribution in [0.2, 0.25) is 0 Å². The number of hydrogen-bond donors (Lipinski definition) is 0. The Morgan fingerprint density at radius 2 is 1.76 bits per heavy atom. The summed E-state index contributed by atoms with van der Waals surface area (Å²) in [6.07, 6.45) is 1.69. The lowest BCUT2D eigenvalue weighted by atomic mass is 10.2. The molecule has 0 radical (unpaired) electrons. The molecule has 5 nitrogen and oxygen atoms in total. The number of nitrogens with zero attached hydrogens (tertiary/aromatic N) is 1. The number of benzene rings is 2. The van der Waals surface area contributed by atoms with E-state index in [2.05, 4.69) is 0 Å². The minimum atomic E-state index is -3.58. The molecule has 1 aliphatic heterocycles. The fraction of sp³-hybridized carbons (Fsp3) is 0.278. The Balaban J connectivity index is 1.72. The number of rotatable bonds is 5. The number of hydrogen-bond acceptors (Lipinski definition) is 4. The summed E-state index contributed by atoms with van der Waals surface area (Å²) in [4.78, 5) is 12.3. The van der Waals surface area contributed by atoms with Crippen molar-refractivity contribution in [3.05, 3.63) is 65.5 Å². The summed E-state index contributed by atoms with van der Waals surface area (Å²) in [5.74, 6) is -0.988. The maximum absolute atomic E-state index is 12.9. The molecule has 0 atom stereocenters. The average Bonchev–Trinajstić information content (AvgIpc) is 3.16. The summed E-state index contributed by atoms with van der Waals surface area (Å²) in [5, 5.41) is 0. The van der Waals surface area contributed by atoms with E-state index in [1.807, 2.05) is 0 Å². The Morgan fingerprint density at radius 1 is 1.08 bits per heavy atom. The van der Waals surface area contributed by atoms with Gasteiger partial charge in [-0.2, -0.15) is 4.31 Å². The largest absolute Gasteiger partial charge is 0.457 e. The van der Waals surface area contributed by atoms with Crippen molar-refractivity contribution in [2.75, 3.05) is 13.1 Å². The summed E-state index contributed by atoms with van der Waals surface area (Å²) in [6.45, 7) is 0.991. The molecule has 0 N–H and O–H groups in total. The van der Waals surface area contributed by atoms with Gasteiger partial charge in [-0.25, -0.2) is 17.6 Å². The molecule has 1 fully saturated rings. The lowest BCUT2D eigenvalue weighted by Crippen LogP contribution is -2.28. The first-order chi connectivity index (χ1) is 12.0. The number of carbonyl (C=O) groups is 1. The van der Waals surface area contributed by atoms with Crippen molar-refractivity contribution in [2.24, 2.45) is 0 Å². The first-order valence-electron chi connectivity index (χ1n) is 7.98. The molecule has 1 heterocycles. The zero-order valence-corrected chi connectivity index (χ0v) is 14.3. The second-order valence-corrected chi connectivity index (χ2v) is 7.78. The van der Waals surface area contributed by atoms with Crippen LogP contribution in [0.4, 0.5) is 4.39 Å². The van der Waals surface area contributed by atoms with Gasteiger partial charge in [0.05, 0.1) is 10.5 Å². The average molecular weight is 363 g/mol. The zero-order valence-electron chi connectivity index (χ0n) is 13.5. The lowest BCUT2D eigenvalue weighted by Gasteiger charge is -2.15. The molecule has 0 aromatic heterocycles. The fourth-order valence-electron chi connectivity index (χ4n) is 2.67. The van der Waals surface area contributed by atoms with Gasteiger partial charge >= 0.3 is 5.97 Å². The summed E-state index contributed by atoms with van der Waals surface area (Å²) in [6, 6.07) is 11.5. The van der Waals surface area contributed by atoms with Gasteiger partial charge in [-0.3, -0.25) is 0 Å². The molecular weight excluding hydrogens is 345 g/mol. The van der Waals surface area contributed by atoms with Crippen LogP contribution in [0.15, 0.2) is 53.4 Å². The number of halogens is 1. The maximum atomic E-state index is 12.9. The molecule has 7 heteroatoms. The van der Waals surface area contributed by atoms with Gasteiger partial charge in [0, 0.05) is 13.1 Å². The summed E-state index contributed by atoms with van der Waals surface area (Å²) >= 11 is 0. The van der Waals surface area contributed by atoms with Gasteiger partial charge in [0.1, 0.15) is 12.4 Å². The van der Waals surface area contributed by atoms with Gasteiger partial charge in [0.2, 0.25) is 10.0 Å². The van der Waals surface area contributed by atoms with Crippen LogP contribution in [0.3, 0.4) is 0 Å². The van der Waals surface area contributed by atoms with Gasteiger partial charge in [0.15, 0.2) is 0 Å². The number of esters is 1. The predicted octanol–water partition coefficient (Wildman–Crippen LogP) is 2.97. The first kappa shape index (κ1) is 17.6. The molecule has 0 amide bonds. The number of sulfonamides is 1. The second kappa shape index (κ2) is 7.33. The van der Waals surface area contributed by atoms with Crippen LogP contribution in [-0.2, 0) is 21.4 Å². The fourth-order valence-corrected chi connectivity index (χ4v) is 4.24. The van der Waals surface area contributed by atoms with Crippen LogP contribution in [0.5, 0.6) is 0 Å². The van der Waals surface area contributed by atoms with Crippen molar-refractivity contribution in [1.82, 2.24) is 4.31 Å². The van der Waals surface area contributed by atoms with E-state index in [1.54, 1.807) is 0 Å². The molecule has 0 bridgehead atoms. The molecule has 2 aromatic carbocycles. The van der Waals surface area contributed by atoms with Crippen molar-refractivity contribution in [3.8, 4) is 0 Å². The zero-order chi connectivity index (χ0) is 17.9. The Morgan fingerprint density at radius 3 is 2.44 bits per heavy atom. The Hall–Kier alpha value is -2.25. The third-order valence-corrected chi connectivity index (χ3v) is 5.95. The van der Waals surface area contributed by atoms with E-state index in [0.717, 1.165) is 12.8 Å². The number of ether oxygens (including phenoxy) is 1. The highest BCUT2D eigenvalue weighted by Crippen LogP contribution is 2.22. The van der Waals surface area contributed by atoms with Crippen LogP contribution < -0.4 is 0 Å². The predicted molar refractivity (Wildman–Crippen MR) is 90.0 cm³/mol. The van der Waals surface area contributed by atoms with Gasteiger partial charge in [-0.1, -0.05) is 18.2 Å². The molecular formula is C18H18FNO4S. The van der Waals surface area contributed by atoms with E-state index in [9.17, 15) is 17.6 Å². The third-order valence-electron chi connectivity index (χ3n) is 4.06. The second-order valence-electron chi connectivity index (χ2n) is 5.84. The van der Waals surface area contributed by atoms with Crippen LogP contribution >= 0.6 is 0 Å². The topological polar surface area (TPSA) is 63.7 Å². The quantitative estimate of drug-likeness (QED) is 0.766. The summed E-state index contributed by atoms with van der Waals surface area (Å²) < 4.78 is 44.6. The molecule has 3 rings (SSSR count). The summed E-state index contributed by atoms with van der Waals surface area (Å²) in [7, 11) is -3.58. The Labute approximate surface area is 146 Å². The molecule has 2 aromatic rings. The van der Waals surface area contributed by atoms with E-state index in [1.165, 1.54) is 52.8 Å². The highest BCUT2D eigenvalue weighted by molar-refractivity contribution is 7.89. The van der Waals surface area contributed by atoms with Crippen LogP contribution in [0.1, 0.15) is 28.8 Å². The van der Waals surface area contributed by atoms with E-state index < -0.39 is 16.0 Å². The molecule has 1 aliphatic rings. The molecule has 0 aliphatic carbocycles. The van der Waals surface area contributed by atoms with Crippen molar-refractivity contribution in [3.63, 3.8) is 0 Å². The Bertz CT molecular complexity index is 859.